The van der Waals surface area contributed by atoms with E-state index in [9.17, 15) is 4.79 Å². The van der Waals surface area contributed by atoms with Gasteiger partial charge in [-0.05, 0) is 67.5 Å². The Morgan fingerprint density at radius 2 is 1.92 bits per heavy atom. The van der Waals surface area contributed by atoms with Gasteiger partial charge >= 0.3 is 0 Å². The van der Waals surface area contributed by atoms with E-state index in [2.05, 4.69) is 69.0 Å². The topological polar surface area (TPSA) is 20.3 Å². The van der Waals surface area contributed by atoms with Crippen molar-refractivity contribution < 1.29 is 4.79 Å². The molecule has 0 amide bonds. The lowest BCUT2D eigenvalue weighted by Crippen LogP contribution is -2.25. The monoisotopic (exact) mass is 321 g/mol. The fraction of sp³-hybridized carbons (Fsp3) is 0.409. The number of nitrogens with zero attached hydrogens (tertiary/aromatic N) is 1. The van der Waals surface area contributed by atoms with Gasteiger partial charge in [0, 0.05) is 23.3 Å². The molecule has 126 valence electrons. The number of fused-ring (bicyclic) bond motifs is 1. The largest absolute Gasteiger partial charge is 0.344 e. The summed E-state index contributed by atoms with van der Waals surface area (Å²) in [6, 6.07) is 8.69. The summed E-state index contributed by atoms with van der Waals surface area (Å²) in [7, 11) is 0. The number of aldehydes is 1. The molecule has 1 aromatic carbocycles. The van der Waals surface area contributed by atoms with Crippen molar-refractivity contribution in [3.05, 3.63) is 64.4 Å². The molecule has 0 spiro atoms. The Morgan fingerprint density at radius 1 is 1.17 bits per heavy atom. The van der Waals surface area contributed by atoms with Crippen LogP contribution in [0.5, 0.6) is 0 Å². The molecule has 0 bridgehead atoms. The predicted octanol–water partition coefficient (Wildman–Crippen LogP) is 5.31. The fourth-order valence-corrected chi connectivity index (χ4v) is 4.07. The van der Waals surface area contributed by atoms with E-state index in [1.54, 1.807) is 0 Å². The first kappa shape index (κ1) is 16.8. The van der Waals surface area contributed by atoms with Crippen molar-refractivity contribution >= 4 is 12.0 Å². The van der Waals surface area contributed by atoms with E-state index in [1.807, 2.05) is 0 Å². The highest BCUT2D eigenvalue weighted by atomic mass is 16.1. The van der Waals surface area contributed by atoms with Gasteiger partial charge in [0.1, 0.15) is 6.29 Å². The second kappa shape index (κ2) is 6.43. The normalized spacial score (nSPS) is 23.1. The molecule has 0 radical (unpaired) electrons. The van der Waals surface area contributed by atoms with Gasteiger partial charge in [0.2, 0.25) is 0 Å². The van der Waals surface area contributed by atoms with E-state index in [0.717, 1.165) is 37.7 Å². The molecule has 3 rings (SSSR count). The van der Waals surface area contributed by atoms with Gasteiger partial charge in [-0.25, -0.2) is 0 Å². The second-order valence-electron chi connectivity index (χ2n) is 7.25. The lowest BCUT2D eigenvalue weighted by Gasteiger charge is -2.26. The van der Waals surface area contributed by atoms with Crippen LogP contribution in [0.25, 0.3) is 0 Å². The van der Waals surface area contributed by atoms with Gasteiger partial charge in [-0.15, -0.1) is 0 Å². The number of anilines is 1. The van der Waals surface area contributed by atoms with E-state index < -0.39 is 0 Å². The number of carbonyl (C=O) groups is 1. The highest BCUT2D eigenvalue weighted by Gasteiger charge is 2.38. The van der Waals surface area contributed by atoms with Gasteiger partial charge in [-0.3, -0.25) is 4.79 Å². The molecule has 1 aliphatic carbocycles. The van der Waals surface area contributed by atoms with Gasteiger partial charge in [-0.2, -0.15) is 0 Å². The van der Waals surface area contributed by atoms with E-state index in [0.29, 0.717) is 0 Å². The molecule has 0 aromatic heterocycles. The fourth-order valence-electron chi connectivity index (χ4n) is 4.07. The summed E-state index contributed by atoms with van der Waals surface area (Å²) >= 11 is 0. The standard InChI is InChI=1S/C22H27NO/c1-5-23-20-12-7-6-11-19(20)22(3,4)21(23)14-13-17-9-8-10-18(15-24)16(17)2/h6-7,11-15H,5,8-10H2,1-4H3/b17-13+,21-14+. The van der Waals surface area contributed by atoms with E-state index in [1.165, 1.54) is 28.1 Å². The number of allylic oxidation sites excluding steroid dienone is 6. The summed E-state index contributed by atoms with van der Waals surface area (Å²) in [5.41, 5.74) is 7.49. The Kier molecular flexibility index (Phi) is 4.49. The molecular weight excluding hydrogens is 294 g/mol. The number of hydrogen-bond donors (Lipinski definition) is 0. The Morgan fingerprint density at radius 3 is 2.62 bits per heavy atom. The summed E-state index contributed by atoms with van der Waals surface area (Å²) in [5, 5.41) is 0. The van der Waals surface area contributed by atoms with Gasteiger partial charge < -0.3 is 4.90 Å². The van der Waals surface area contributed by atoms with Crippen LogP contribution in [0.4, 0.5) is 5.69 Å². The third kappa shape index (κ3) is 2.64. The van der Waals surface area contributed by atoms with Crippen LogP contribution in [0.1, 0.15) is 52.5 Å². The van der Waals surface area contributed by atoms with Crippen molar-refractivity contribution in [2.24, 2.45) is 0 Å². The quantitative estimate of drug-likeness (QED) is 0.703. The van der Waals surface area contributed by atoms with E-state index >= 15 is 0 Å². The molecule has 0 N–H and O–H groups in total. The first-order chi connectivity index (χ1) is 11.5. The zero-order valence-electron chi connectivity index (χ0n) is 15.2. The van der Waals surface area contributed by atoms with Crippen molar-refractivity contribution in [3.63, 3.8) is 0 Å². The molecule has 24 heavy (non-hydrogen) atoms. The maximum absolute atomic E-state index is 11.2. The zero-order valence-corrected chi connectivity index (χ0v) is 15.2. The summed E-state index contributed by atoms with van der Waals surface area (Å²) in [6.45, 7) is 9.84. The molecule has 0 atom stereocenters. The van der Waals surface area contributed by atoms with Crippen LogP contribution in [0, 0.1) is 0 Å². The SMILES string of the molecule is CCN1/C(=C/C=C2\CCCC(C=O)=C2C)C(C)(C)c2ccccc21. The van der Waals surface area contributed by atoms with Crippen LogP contribution < -0.4 is 4.90 Å². The average molecular weight is 321 g/mol. The van der Waals surface area contributed by atoms with E-state index in [-0.39, 0.29) is 5.41 Å². The molecule has 2 heteroatoms. The average Bonchev–Trinajstić information content (AvgIpc) is 2.81. The second-order valence-corrected chi connectivity index (χ2v) is 7.25. The molecule has 0 unspecified atom stereocenters. The third-order valence-corrected chi connectivity index (χ3v) is 5.56. The van der Waals surface area contributed by atoms with Gasteiger partial charge in [0.05, 0.1) is 0 Å². The van der Waals surface area contributed by atoms with Crippen LogP contribution >= 0.6 is 0 Å². The van der Waals surface area contributed by atoms with Crippen molar-refractivity contribution in [3.8, 4) is 0 Å². The van der Waals surface area contributed by atoms with Crippen LogP contribution in [0.2, 0.25) is 0 Å². The van der Waals surface area contributed by atoms with Gasteiger partial charge in [-0.1, -0.05) is 38.1 Å². The van der Waals surface area contributed by atoms with Gasteiger partial charge in [0.15, 0.2) is 0 Å². The first-order valence-corrected chi connectivity index (χ1v) is 8.94. The lowest BCUT2D eigenvalue weighted by atomic mass is 9.83. The molecule has 1 heterocycles. The predicted molar refractivity (Wildman–Crippen MR) is 101 cm³/mol. The van der Waals surface area contributed by atoms with Crippen LogP contribution in [-0.4, -0.2) is 12.8 Å². The number of rotatable bonds is 3. The molecule has 0 saturated carbocycles. The maximum atomic E-state index is 11.2. The molecule has 1 aliphatic heterocycles. The van der Waals surface area contributed by atoms with E-state index in [4.69, 9.17) is 0 Å². The Balaban J connectivity index is 2.04. The first-order valence-electron chi connectivity index (χ1n) is 8.94. The summed E-state index contributed by atoms with van der Waals surface area (Å²) in [5.74, 6) is 0. The number of para-hydroxylation sites is 1. The minimum atomic E-state index is 0.00341. The molecule has 0 saturated heterocycles. The maximum Gasteiger partial charge on any atom is 0.146 e. The van der Waals surface area contributed by atoms with Crippen LogP contribution in [0.15, 0.2) is 58.8 Å². The number of benzene rings is 1. The molecule has 2 aliphatic rings. The minimum Gasteiger partial charge on any atom is -0.344 e. The number of likely N-dealkylation sites (N-methyl/N-ethyl adjacent to an activating group) is 1. The molecular formula is C22H27NO. The minimum absolute atomic E-state index is 0.00341. The van der Waals surface area contributed by atoms with Crippen LogP contribution in [-0.2, 0) is 10.2 Å². The summed E-state index contributed by atoms with van der Waals surface area (Å²) in [6.07, 6.45) is 8.60. The zero-order chi connectivity index (χ0) is 17.3. The summed E-state index contributed by atoms with van der Waals surface area (Å²) < 4.78 is 0. The number of hydrogen-bond acceptors (Lipinski definition) is 2. The van der Waals surface area contributed by atoms with Crippen molar-refractivity contribution in [1.82, 2.24) is 0 Å². The highest BCUT2D eigenvalue weighted by Crippen LogP contribution is 2.47. The third-order valence-electron chi connectivity index (χ3n) is 5.56. The Labute approximate surface area is 145 Å². The highest BCUT2D eigenvalue weighted by molar-refractivity contribution is 5.77. The molecule has 0 fully saturated rings. The van der Waals surface area contributed by atoms with Gasteiger partial charge in [0.25, 0.3) is 0 Å². The van der Waals surface area contributed by atoms with Crippen molar-refractivity contribution in [2.45, 2.75) is 52.4 Å². The molecule has 2 nitrogen and oxygen atoms in total. The smallest absolute Gasteiger partial charge is 0.146 e. The van der Waals surface area contributed by atoms with Crippen molar-refractivity contribution in [2.75, 3.05) is 11.4 Å². The Bertz CT molecular complexity index is 749. The van der Waals surface area contributed by atoms with Crippen molar-refractivity contribution in [1.29, 1.82) is 0 Å². The number of carbonyl (C=O) groups excluding carboxylic acids is 1. The van der Waals surface area contributed by atoms with Crippen LogP contribution in [0.3, 0.4) is 0 Å². The molecule has 1 aromatic rings. The Hall–Kier alpha value is -2.09. The summed E-state index contributed by atoms with van der Waals surface area (Å²) in [4.78, 5) is 13.6. The lowest BCUT2D eigenvalue weighted by molar-refractivity contribution is -0.105.